The van der Waals surface area contributed by atoms with Gasteiger partial charge in [-0.1, -0.05) is 13.8 Å². The molecule has 2 heterocycles. The summed E-state index contributed by atoms with van der Waals surface area (Å²) in [5.41, 5.74) is 0. The molecule has 0 saturated carbocycles. The fraction of sp³-hybridized carbons (Fsp3) is 1.00. The van der Waals surface area contributed by atoms with Crippen LogP contribution < -0.4 is 5.32 Å². The summed E-state index contributed by atoms with van der Waals surface area (Å²) in [6.45, 7) is 11.6. The van der Waals surface area contributed by atoms with Crippen LogP contribution in [0.5, 0.6) is 0 Å². The highest BCUT2D eigenvalue weighted by Gasteiger charge is 2.22. The Bertz CT molecular complexity index is 167. The van der Waals surface area contributed by atoms with Gasteiger partial charge in [0.15, 0.2) is 0 Å². The maximum atomic E-state index is 3.44. The van der Waals surface area contributed by atoms with Gasteiger partial charge in [-0.15, -0.1) is 0 Å². The molecule has 0 aromatic carbocycles. The molecule has 0 radical (unpaired) electrons. The SMILES string of the molecule is CC.CN1CCCN(C2CCNCC2)CC1. The molecule has 2 saturated heterocycles. The standard InChI is InChI=1S/C11H23N3.C2H6/c1-13-7-2-8-14(10-9-13)11-3-5-12-6-4-11;1-2/h11-12H,2-10H2,1H3;1-2H3. The Morgan fingerprint density at radius 1 is 0.938 bits per heavy atom. The zero-order chi connectivity index (χ0) is 11.8. The number of likely N-dealkylation sites (N-methyl/N-ethyl adjacent to an activating group) is 1. The molecule has 0 aliphatic carbocycles. The minimum Gasteiger partial charge on any atom is -0.317 e. The molecule has 16 heavy (non-hydrogen) atoms. The molecule has 0 bridgehead atoms. The average molecular weight is 227 g/mol. The van der Waals surface area contributed by atoms with Crippen molar-refractivity contribution in [1.82, 2.24) is 15.1 Å². The Kier molecular flexibility index (Phi) is 7.01. The average Bonchev–Trinajstić information content (AvgIpc) is 2.58. The third kappa shape index (κ3) is 4.40. The van der Waals surface area contributed by atoms with Crippen molar-refractivity contribution in [3.8, 4) is 0 Å². The number of piperidine rings is 1. The summed E-state index contributed by atoms with van der Waals surface area (Å²) < 4.78 is 0. The van der Waals surface area contributed by atoms with Crippen LogP contribution >= 0.6 is 0 Å². The Labute approximate surface area is 101 Å². The zero-order valence-corrected chi connectivity index (χ0v) is 11.3. The molecular weight excluding hydrogens is 198 g/mol. The highest BCUT2D eigenvalue weighted by molar-refractivity contribution is 4.80. The maximum Gasteiger partial charge on any atom is 0.0120 e. The molecule has 2 rings (SSSR count). The summed E-state index contributed by atoms with van der Waals surface area (Å²) in [4.78, 5) is 5.17. The van der Waals surface area contributed by atoms with Gasteiger partial charge in [0.1, 0.15) is 0 Å². The molecule has 0 amide bonds. The van der Waals surface area contributed by atoms with Crippen LogP contribution in [0.2, 0.25) is 0 Å². The van der Waals surface area contributed by atoms with Gasteiger partial charge in [-0.3, -0.25) is 4.90 Å². The van der Waals surface area contributed by atoms with Crippen LogP contribution in [0.1, 0.15) is 33.1 Å². The molecule has 0 aromatic rings. The van der Waals surface area contributed by atoms with Gasteiger partial charge in [0.2, 0.25) is 0 Å². The van der Waals surface area contributed by atoms with E-state index >= 15 is 0 Å². The summed E-state index contributed by atoms with van der Waals surface area (Å²) in [7, 11) is 2.24. The molecule has 0 aromatic heterocycles. The van der Waals surface area contributed by atoms with Crippen LogP contribution in [0.15, 0.2) is 0 Å². The molecule has 1 N–H and O–H groups in total. The first-order valence-corrected chi connectivity index (χ1v) is 6.99. The molecule has 2 aliphatic heterocycles. The summed E-state index contributed by atoms with van der Waals surface area (Å²) in [5, 5.41) is 3.44. The van der Waals surface area contributed by atoms with E-state index < -0.39 is 0 Å². The van der Waals surface area contributed by atoms with E-state index in [1.165, 1.54) is 58.5 Å². The van der Waals surface area contributed by atoms with Crippen molar-refractivity contribution in [3.05, 3.63) is 0 Å². The highest BCUT2D eigenvalue weighted by Crippen LogP contribution is 2.13. The predicted octanol–water partition coefficient (Wildman–Crippen LogP) is 1.40. The maximum absolute atomic E-state index is 3.44. The van der Waals surface area contributed by atoms with Gasteiger partial charge in [0.25, 0.3) is 0 Å². The van der Waals surface area contributed by atoms with E-state index in [-0.39, 0.29) is 0 Å². The van der Waals surface area contributed by atoms with Crippen molar-refractivity contribution >= 4 is 0 Å². The van der Waals surface area contributed by atoms with Crippen LogP contribution in [0.3, 0.4) is 0 Å². The third-order valence-electron chi connectivity index (χ3n) is 3.58. The van der Waals surface area contributed by atoms with Gasteiger partial charge in [0.05, 0.1) is 0 Å². The smallest absolute Gasteiger partial charge is 0.0120 e. The summed E-state index contributed by atoms with van der Waals surface area (Å²) >= 11 is 0. The fourth-order valence-electron chi connectivity index (χ4n) is 2.60. The molecule has 3 nitrogen and oxygen atoms in total. The van der Waals surface area contributed by atoms with E-state index in [4.69, 9.17) is 0 Å². The lowest BCUT2D eigenvalue weighted by atomic mass is 10.0. The topological polar surface area (TPSA) is 18.5 Å². The summed E-state index contributed by atoms with van der Waals surface area (Å²) in [5.74, 6) is 0. The number of hydrogen-bond donors (Lipinski definition) is 1. The first kappa shape index (κ1) is 13.9. The predicted molar refractivity (Wildman–Crippen MR) is 70.9 cm³/mol. The van der Waals surface area contributed by atoms with Gasteiger partial charge < -0.3 is 10.2 Å². The Morgan fingerprint density at radius 2 is 1.62 bits per heavy atom. The van der Waals surface area contributed by atoms with Crippen LogP contribution in [0.25, 0.3) is 0 Å². The monoisotopic (exact) mass is 227 g/mol. The van der Waals surface area contributed by atoms with Gasteiger partial charge in [-0.05, 0) is 52.5 Å². The van der Waals surface area contributed by atoms with Gasteiger partial charge in [0, 0.05) is 19.1 Å². The van der Waals surface area contributed by atoms with Crippen molar-refractivity contribution in [1.29, 1.82) is 0 Å². The largest absolute Gasteiger partial charge is 0.317 e. The van der Waals surface area contributed by atoms with Crippen molar-refractivity contribution < 1.29 is 0 Å². The van der Waals surface area contributed by atoms with Crippen LogP contribution in [-0.4, -0.2) is 62.2 Å². The van der Waals surface area contributed by atoms with Crippen LogP contribution in [-0.2, 0) is 0 Å². The second kappa shape index (κ2) is 8.04. The fourth-order valence-corrected chi connectivity index (χ4v) is 2.60. The number of nitrogens with zero attached hydrogens (tertiary/aromatic N) is 2. The third-order valence-corrected chi connectivity index (χ3v) is 3.58. The van der Waals surface area contributed by atoms with E-state index in [2.05, 4.69) is 22.2 Å². The molecule has 0 unspecified atom stereocenters. The van der Waals surface area contributed by atoms with E-state index in [9.17, 15) is 0 Å². The van der Waals surface area contributed by atoms with Crippen molar-refractivity contribution in [2.24, 2.45) is 0 Å². The quantitative estimate of drug-likeness (QED) is 0.730. The van der Waals surface area contributed by atoms with E-state index in [0.29, 0.717) is 0 Å². The van der Waals surface area contributed by atoms with E-state index in [1.54, 1.807) is 0 Å². The first-order valence-electron chi connectivity index (χ1n) is 6.99. The van der Waals surface area contributed by atoms with Crippen molar-refractivity contribution in [3.63, 3.8) is 0 Å². The second-order valence-electron chi connectivity index (χ2n) is 4.67. The molecule has 0 spiro atoms. The molecule has 96 valence electrons. The van der Waals surface area contributed by atoms with E-state index in [1.807, 2.05) is 13.8 Å². The first-order chi connectivity index (χ1) is 7.86. The minimum atomic E-state index is 0.864. The summed E-state index contributed by atoms with van der Waals surface area (Å²) in [6.07, 6.45) is 4.05. The minimum absolute atomic E-state index is 0.864. The summed E-state index contributed by atoms with van der Waals surface area (Å²) in [6, 6.07) is 0.864. The lowest BCUT2D eigenvalue weighted by Gasteiger charge is -2.33. The van der Waals surface area contributed by atoms with Crippen LogP contribution in [0, 0.1) is 0 Å². The lowest BCUT2D eigenvalue weighted by Crippen LogP contribution is -2.44. The Balaban J connectivity index is 0.000000606. The Hall–Kier alpha value is -0.120. The molecular formula is C13H29N3. The highest BCUT2D eigenvalue weighted by atomic mass is 15.2. The Morgan fingerprint density at radius 3 is 2.31 bits per heavy atom. The second-order valence-corrected chi connectivity index (χ2v) is 4.67. The number of nitrogens with one attached hydrogen (secondary N) is 1. The number of rotatable bonds is 1. The van der Waals surface area contributed by atoms with Gasteiger partial charge in [-0.25, -0.2) is 0 Å². The van der Waals surface area contributed by atoms with E-state index in [0.717, 1.165) is 6.04 Å². The molecule has 2 fully saturated rings. The van der Waals surface area contributed by atoms with Crippen molar-refractivity contribution in [2.45, 2.75) is 39.2 Å². The molecule has 3 heteroatoms. The number of hydrogen-bond acceptors (Lipinski definition) is 3. The van der Waals surface area contributed by atoms with Crippen molar-refractivity contribution in [2.75, 3.05) is 46.3 Å². The zero-order valence-electron chi connectivity index (χ0n) is 11.3. The van der Waals surface area contributed by atoms with Gasteiger partial charge >= 0.3 is 0 Å². The lowest BCUT2D eigenvalue weighted by molar-refractivity contribution is 0.168. The van der Waals surface area contributed by atoms with Crippen LogP contribution in [0.4, 0.5) is 0 Å². The normalized spacial score (nSPS) is 25.7. The molecule has 2 aliphatic rings. The van der Waals surface area contributed by atoms with Gasteiger partial charge in [-0.2, -0.15) is 0 Å². The molecule has 0 atom stereocenters.